The van der Waals surface area contributed by atoms with Crippen LogP contribution in [0, 0.1) is 11.7 Å². The van der Waals surface area contributed by atoms with Crippen molar-refractivity contribution in [3.63, 3.8) is 0 Å². The van der Waals surface area contributed by atoms with Gasteiger partial charge in [-0.05, 0) is 31.4 Å². The Balaban J connectivity index is 1.54. The van der Waals surface area contributed by atoms with Crippen molar-refractivity contribution >= 4 is 0 Å². The summed E-state index contributed by atoms with van der Waals surface area (Å²) in [6, 6.07) is 6.45. The summed E-state index contributed by atoms with van der Waals surface area (Å²) in [5.74, 6) is 0.222. The molecular formula is C15H22FNO3. The van der Waals surface area contributed by atoms with Crippen LogP contribution in [0.1, 0.15) is 18.4 Å². The van der Waals surface area contributed by atoms with Crippen molar-refractivity contribution in [1.82, 2.24) is 5.32 Å². The fraction of sp³-hybridized carbons (Fsp3) is 0.600. The minimum absolute atomic E-state index is 0.143. The van der Waals surface area contributed by atoms with E-state index in [0.717, 1.165) is 19.4 Å². The highest BCUT2D eigenvalue weighted by Gasteiger charge is 2.26. The Labute approximate surface area is 118 Å². The summed E-state index contributed by atoms with van der Waals surface area (Å²) >= 11 is 0. The van der Waals surface area contributed by atoms with Crippen LogP contribution in [-0.2, 0) is 11.3 Å². The van der Waals surface area contributed by atoms with E-state index in [2.05, 4.69) is 5.32 Å². The Morgan fingerprint density at radius 1 is 1.35 bits per heavy atom. The van der Waals surface area contributed by atoms with E-state index in [9.17, 15) is 9.50 Å². The van der Waals surface area contributed by atoms with E-state index in [1.807, 2.05) is 0 Å². The molecule has 0 heterocycles. The summed E-state index contributed by atoms with van der Waals surface area (Å²) in [4.78, 5) is 0. The van der Waals surface area contributed by atoms with Gasteiger partial charge < -0.3 is 20.3 Å². The van der Waals surface area contributed by atoms with E-state index in [1.54, 1.807) is 18.2 Å². The molecule has 0 saturated heterocycles. The standard InChI is InChI=1S/C15H22FNO3/c16-15-4-2-1-3-12(15)9-20-10-14(19)8-17-7-11-5-13(18)6-11/h1-4,11,13-14,17-19H,5-10H2. The van der Waals surface area contributed by atoms with Crippen LogP contribution < -0.4 is 5.32 Å². The fourth-order valence-corrected chi connectivity index (χ4v) is 2.30. The number of nitrogens with one attached hydrogen (secondary N) is 1. The summed E-state index contributed by atoms with van der Waals surface area (Å²) in [5.41, 5.74) is 0.496. The normalized spacial score (nSPS) is 23.4. The molecule has 0 bridgehead atoms. The second kappa shape index (κ2) is 7.69. The fourth-order valence-electron chi connectivity index (χ4n) is 2.30. The Morgan fingerprint density at radius 3 is 2.80 bits per heavy atom. The highest BCUT2D eigenvalue weighted by molar-refractivity contribution is 5.16. The summed E-state index contributed by atoms with van der Waals surface area (Å²) in [7, 11) is 0. The maximum absolute atomic E-state index is 13.3. The quantitative estimate of drug-likeness (QED) is 0.668. The van der Waals surface area contributed by atoms with E-state index < -0.39 is 6.10 Å². The highest BCUT2D eigenvalue weighted by Crippen LogP contribution is 2.25. The van der Waals surface area contributed by atoms with Crippen molar-refractivity contribution < 1.29 is 19.3 Å². The van der Waals surface area contributed by atoms with Gasteiger partial charge in [0, 0.05) is 12.1 Å². The van der Waals surface area contributed by atoms with Crippen LogP contribution in [0.15, 0.2) is 24.3 Å². The Hall–Kier alpha value is -1.01. The number of aliphatic hydroxyl groups excluding tert-OH is 2. The summed E-state index contributed by atoms with van der Waals surface area (Å²) in [5, 5.41) is 22.0. The molecule has 5 heteroatoms. The van der Waals surface area contributed by atoms with Gasteiger partial charge in [-0.2, -0.15) is 0 Å². The van der Waals surface area contributed by atoms with Crippen molar-refractivity contribution in [2.45, 2.75) is 31.7 Å². The van der Waals surface area contributed by atoms with Gasteiger partial charge in [-0.1, -0.05) is 18.2 Å². The van der Waals surface area contributed by atoms with Gasteiger partial charge in [-0.3, -0.25) is 0 Å². The van der Waals surface area contributed by atoms with Gasteiger partial charge in [-0.25, -0.2) is 4.39 Å². The van der Waals surface area contributed by atoms with Crippen molar-refractivity contribution in [2.75, 3.05) is 19.7 Å². The van der Waals surface area contributed by atoms with E-state index in [-0.39, 0.29) is 25.1 Å². The smallest absolute Gasteiger partial charge is 0.128 e. The molecule has 2 rings (SSSR count). The first-order valence-corrected chi connectivity index (χ1v) is 7.03. The van der Waals surface area contributed by atoms with Gasteiger partial charge in [0.15, 0.2) is 0 Å². The Bertz CT molecular complexity index is 410. The number of benzene rings is 1. The minimum atomic E-state index is -0.605. The van der Waals surface area contributed by atoms with Gasteiger partial charge in [-0.15, -0.1) is 0 Å². The zero-order chi connectivity index (χ0) is 14.4. The lowest BCUT2D eigenvalue weighted by atomic mass is 9.82. The van der Waals surface area contributed by atoms with Gasteiger partial charge in [0.2, 0.25) is 0 Å². The predicted molar refractivity (Wildman–Crippen MR) is 73.7 cm³/mol. The van der Waals surface area contributed by atoms with Crippen LogP contribution in [0.4, 0.5) is 4.39 Å². The van der Waals surface area contributed by atoms with Crippen LogP contribution in [0.5, 0.6) is 0 Å². The SMILES string of the molecule is OC(CNCC1CC(O)C1)COCc1ccccc1F. The monoisotopic (exact) mass is 283 g/mol. The number of aliphatic hydroxyl groups is 2. The molecule has 1 fully saturated rings. The lowest BCUT2D eigenvalue weighted by Crippen LogP contribution is -2.39. The third-order valence-corrected chi connectivity index (χ3v) is 3.55. The zero-order valence-corrected chi connectivity index (χ0v) is 11.5. The average Bonchev–Trinajstić information content (AvgIpc) is 2.39. The molecule has 3 N–H and O–H groups in total. The molecule has 0 radical (unpaired) electrons. The molecule has 0 spiro atoms. The van der Waals surface area contributed by atoms with Gasteiger partial charge >= 0.3 is 0 Å². The van der Waals surface area contributed by atoms with E-state index in [1.165, 1.54) is 6.07 Å². The Kier molecular flexibility index (Phi) is 5.91. The summed E-state index contributed by atoms with van der Waals surface area (Å²) in [6.07, 6.45) is 0.933. The van der Waals surface area contributed by atoms with Gasteiger partial charge in [0.25, 0.3) is 0 Å². The first-order chi connectivity index (χ1) is 9.65. The zero-order valence-electron chi connectivity index (χ0n) is 11.5. The highest BCUT2D eigenvalue weighted by atomic mass is 19.1. The molecule has 1 unspecified atom stereocenters. The number of hydrogen-bond donors (Lipinski definition) is 3. The van der Waals surface area contributed by atoms with Crippen molar-refractivity contribution in [1.29, 1.82) is 0 Å². The van der Waals surface area contributed by atoms with Gasteiger partial charge in [0.05, 0.1) is 25.4 Å². The second-order valence-electron chi connectivity index (χ2n) is 5.41. The molecule has 0 amide bonds. The molecule has 4 nitrogen and oxygen atoms in total. The summed E-state index contributed by atoms with van der Waals surface area (Å²) < 4.78 is 18.6. The molecule has 112 valence electrons. The number of ether oxygens (including phenoxy) is 1. The van der Waals surface area contributed by atoms with Gasteiger partial charge in [0.1, 0.15) is 5.82 Å². The molecule has 0 aromatic heterocycles. The van der Waals surface area contributed by atoms with Crippen LogP contribution in [-0.4, -0.2) is 42.1 Å². The first kappa shape index (κ1) is 15.4. The number of rotatable bonds is 8. The molecule has 1 atom stereocenters. The summed E-state index contributed by atoms with van der Waals surface area (Å²) in [6.45, 7) is 1.60. The number of halogens is 1. The van der Waals surface area contributed by atoms with Crippen LogP contribution >= 0.6 is 0 Å². The second-order valence-corrected chi connectivity index (χ2v) is 5.41. The van der Waals surface area contributed by atoms with Crippen LogP contribution in [0.2, 0.25) is 0 Å². The average molecular weight is 283 g/mol. The van der Waals surface area contributed by atoms with Crippen LogP contribution in [0.3, 0.4) is 0 Å². The first-order valence-electron chi connectivity index (χ1n) is 7.03. The molecule has 1 aliphatic rings. The van der Waals surface area contributed by atoms with E-state index in [4.69, 9.17) is 9.84 Å². The molecule has 0 aliphatic heterocycles. The molecule has 20 heavy (non-hydrogen) atoms. The lowest BCUT2D eigenvalue weighted by Gasteiger charge is -2.31. The molecule has 1 aromatic rings. The molecule has 1 saturated carbocycles. The van der Waals surface area contributed by atoms with Crippen molar-refractivity contribution in [2.24, 2.45) is 5.92 Å². The minimum Gasteiger partial charge on any atom is -0.393 e. The van der Waals surface area contributed by atoms with Crippen LogP contribution in [0.25, 0.3) is 0 Å². The van der Waals surface area contributed by atoms with E-state index in [0.29, 0.717) is 18.0 Å². The molecule has 1 aliphatic carbocycles. The van der Waals surface area contributed by atoms with E-state index >= 15 is 0 Å². The molecule has 1 aromatic carbocycles. The topological polar surface area (TPSA) is 61.7 Å². The number of hydrogen-bond acceptors (Lipinski definition) is 4. The van der Waals surface area contributed by atoms with Crippen molar-refractivity contribution in [3.8, 4) is 0 Å². The van der Waals surface area contributed by atoms with Crippen molar-refractivity contribution in [3.05, 3.63) is 35.6 Å². The maximum atomic E-state index is 13.3. The lowest BCUT2D eigenvalue weighted by molar-refractivity contribution is 0.0214. The Morgan fingerprint density at radius 2 is 2.10 bits per heavy atom. The predicted octanol–water partition coefficient (Wildman–Crippen LogP) is 1.06. The largest absolute Gasteiger partial charge is 0.393 e. The third kappa shape index (κ3) is 4.83. The third-order valence-electron chi connectivity index (χ3n) is 3.55. The maximum Gasteiger partial charge on any atom is 0.128 e. The molecular weight excluding hydrogens is 261 g/mol.